The number of aliphatic hydroxyl groups is 1. The molecule has 16 heavy (non-hydrogen) atoms. The summed E-state index contributed by atoms with van der Waals surface area (Å²) in [5, 5.41) is 9.79. The molecule has 90 valence electrons. The normalized spacial score (nSPS) is 13.6. The van der Waals surface area contributed by atoms with Crippen LogP contribution in [0.1, 0.15) is 26.3 Å². The molecule has 1 aromatic rings. The molecule has 1 aromatic carbocycles. The van der Waals surface area contributed by atoms with Gasteiger partial charge in [-0.05, 0) is 36.1 Å². The third-order valence-electron chi connectivity index (χ3n) is 2.53. The van der Waals surface area contributed by atoms with E-state index in [9.17, 15) is 9.50 Å². The van der Waals surface area contributed by atoms with Gasteiger partial charge in [0, 0.05) is 0 Å². The van der Waals surface area contributed by atoms with E-state index in [0.29, 0.717) is 5.75 Å². The van der Waals surface area contributed by atoms with E-state index in [1.807, 2.05) is 20.8 Å². The molecule has 1 N–H and O–H groups in total. The summed E-state index contributed by atoms with van der Waals surface area (Å²) >= 11 is 0. The van der Waals surface area contributed by atoms with Crippen LogP contribution in [0.15, 0.2) is 18.2 Å². The molecule has 2 nitrogen and oxygen atoms in total. The molecule has 0 heterocycles. The standard InChI is InChI=1S/C13H19FO2/c1-9-7-10(14)5-6-11(9)16-8-12(15)13(2,3)4/h5-7,12,15H,8H2,1-4H3. The largest absolute Gasteiger partial charge is 0.491 e. The van der Waals surface area contributed by atoms with E-state index in [1.165, 1.54) is 12.1 Å². The zero-order chi connectivity index (χ0) is 12.3. The van der Waals surface area contributed by atoms with Gasteiger partial charge in [-0.2, -0.15) is 0 Å². The van der Waals surface area contributed by atoms with Crippen molar-refractivity contribution >= 4 is 0 Å². The number of hydrogen-bond acceptors (Lipinski definition) is 2. The van der Waals surface area contributed by atoms with Crippen LogP contribution in [0.25, 0.3) is 0 Å². The molecular weight excluding hydrogens is 207 g/mol. The first-order valence-electron chi connectivity index (χ1n) is 5.37. The minimum atomic E-state index is -0.544. The molecule has 1 unspecified atom stereocenters. The van der Waals surface area contributed by atoms with E-state index in [-0.39, 0.29) is 17.8 Å². The number of rotatable bonds is 3. The summed E-state index contributed by atoms with van der Waals surface area (Å²) in [4.78, 5) is 0. The van der Waals surface area contributed by atoms with Crippen LogP contribution < -0.4 is 4.74 Å². The Kier molecular flexibility index (Phi) is 3.92. The minimum Gasteiger partial charge on any atom is -0.491 e. The molecule has 0 fully saturated rings. The van der Waals surface area contributed by atoms with Crippen LogP contribution in [0.2, 0.25) is 0 Å². The fourth-order valence-electron chi connectivity index (χ4n) is 1.19. The van der Waals surface area contributed by atoms with Gasteiger partial charge in [-0.3, -0.25) is 0 Å². The lowest BCUT2D eigenvalue weighted by molar-refractivity contribution is 0.0216. The van der Waals surface area contributed by atoms with Gasteiger partial charge in [-0.25, -0.2) is 4.39 Å². The van der Waals surface area contributed by atoms with Gasteiger partial charge in [0.05, 0.1) is 6.10 Å². The fourth-order valence-corrected chi connectivity index (χ4v) is 1.19. The third kappa shape index (κ3) is 3.49. The molecule has 0 aromatic heterocycles. The number of halogens is 1. The average molecular weight is 226 g/mol. The maximum absolute atomic E-state index is 12.8. The van der Waals surface area contributed by atoms with Crippen LogP contribution in [0, 0.1) is 18.2 Å². The van der Waals surface area contributed by atoms with Crippen molar-refractivity contribution in [3.8, 4) is 5.75 Å². The molecule has 0 radical (unpaired) electrons. The highest BCUT2D eigenvalue weighted by molar-refractivity contribution is 5.32. The second-order valence-corrected chi connectivity index (χ2v) is 5.10. The molecule has 0 saturated heterocycles. The molecule has 0 saturated carbocycles. The van der Waals surface area contributed by atoms with Crippen molar-refractivity contribution in [3.63, 3.8) is 0 Å². The lowest BCUT2D eigenvalue weighted by Crippen LogP contribution is -2.32. The summed E-state index contributed by atoms with van der Waals surface area (Å²) in [7, 11) is 0. The van der Waals surface area contributed by atoms with E-state index < -0.39 is 6.10 Å². The Labute approximate surface area is 96.1 Å². The number of ether oxygens (including phenoxy) is 1. The zero-order valence-electron chi connectivity index (χ0n) is 10.2. The van der Waals surface area contributed by atoms with Crippen LogP contribution in [-0.2, 0) is 0 Å². The first kappa shape index (κ1) is 13.0. The molecule has 0 aliphatic rings. The van der Waals surface area contributed by atoms with Gasteiger partial charge in [0.2, 0.25) is 0 Å². The predicted molar refractivity (Wildman–Crippen MR) is 62.1 cm³/mol. The van der Waals surface area contributed by atoms with Crippen molar-refractivity contribution in [2.75, 3.05) is 6.61 Å². The minimum absolute atomic E-state index is 0.214. The molecule has 0 aliphatic carbocycles. The highest BCUT2D eigenvalue weighted by Gasteiger charge is 2.22. The van der Waals surface area contributed by atoms with Crippen molar-refractivity contribution in [2.45, 2.75) is 33.8 Å². The SMILES string of the molecule is Cc1cc(F)ccc1OCC(O)C(C)(C)C. The highest BCUT2D eigenvalue weighted by Crippen LogP contribution is 2.22. The maximum Gasteiger partial charge on any atom is 0.123 e. The van der Waals surface area contributed by atoms with Gasteiger partial charge >= 0.3 is 0 Å². The number of benzene rings is 1. The maximum atomic E-state index is 12.8. The van der Waals surface area contributed by atoms with Crippen molar-refractivity contribution < 1.29 is 14.2 Å². The second kappa shape index (κ2) is 4.83. The summed E-state index contributed by atoms with van der Waals surface area (Å²) in [6, 6.07) is 4.35. The lowest BCUT2D eigenvalue weighted by Gasteiger charge is -2.25. The van der Waals surface area contributed by atoms with Gasteiger partial charge in [-0.1, -0.05) is 20.8 Å². The van der Waals surface area contributed by atoms with Gasteiger partial charge < -0.3 is 9.84 Å². The molecule has 0 bridgehead atoms. The summed E-state index contributed by atoms with van der Waals surface area (Å²) in [5.41, 5.74) is 0.523. The first-order valence-corrected chi connectivity index (χ1v) is 5.37. The van der Waals surface area contributed by atoms with Crippen LogP contribution in [-0.4, -0.2) is 17.8 Å². The molecule has 3 heteroatoms. The molecule has 0 amide bonds. The van der Waals surface area contributed by atoms with Gasteiger partial charge in [-0.15, -0.1) is 0 Å². The Morgan fingerprint density at radius 3 is 2.50 bits per heavy atom. The number of aryl methyl sites for hydroxylation is 1. The van der Waals surface area contributed by atoms with E-state index in [2.05, 4.69) is 0 Å². The average Bonchev–Trinajstić information content (AvgIpc) is 2.14. The topological polar surface area (TPSA) is 29.5 Å². The van der Waals surface area contributed by atoms with E-state index in [4.69, 9.17) is 4.74 Å². The summed E-state index contributed by atoms with van der Waals surface area (Å²) in [6.45, 7) is 7.83. The van der Waals surface area contributed by atoms with Gasteiger partial charge in [0.15, 0.2) is 0 Å². The molecule has 0 aliphatic heterocycles. The first-order chi connectivity index (χ1) is 7.30. The van der Waals surface area contributed by atoms with Crippen molar-refractivity contribution in [1.82, 2.24) is 0 Å². The Morgan fingerprint density at radius 1 is 1.38 bits per heavy atom. The third-order valence-corrected chi connectivity index (χ3v) is 2.53. The van der Waals surface area contributed by atoms with Crippen LogP contribution in [0.4, 0.5) is 4.39 Å². The lowest BCUT2D eigenvalue weighted by atomic mass is 9.90. The predicted octanol–water partition coefficient (Wildman–Crippen LogP) is 2.92. The van der Waals surface area contributed by atoms with Crippen LogP contribution in [0.3, 0.4) is 0 Å². The Balaban J connectivity index is 2.62. The monoisotopic (exact) mass is 226 g/mol. The van der Waals surface area contributed by atoms with Crippen LogP contribution >= 0.6 is 0 Å². The summed E-state index contributed by atoms with van der Waals surface area (Å²) < 4.78 is 18.3. The molecule has 1 atom stereocenters. The number of aliphatic hydroxyl groups excluding tert-OH is 1. The Hall–Kier alpha value is -1.09. The van der Waals surface area contributed by atoms with Crippen molar-refractivity contribution in [1.29, 1.82) is 0 Å². The molecule has 0 spiro atoms. The van der Waals surface area contributed by atoms with Gasteiger partial charge in [0.1, 0.15) is 18.2 Å². The van der Waals surface area contributed by atoms with Gasteiger partial charge in [0.25, 0.3) is 0 Å². The summed E-state index contributed by atoms with van der Waals surface area (Å²) in [6.07, 6.45) is -0.544. The van der Waals surface area contributed by atoms with Crippen molar-refractivity contribution in [2.24, 2.45) is 5.41 Å². The van der Waals surface area contributed by atoms with Crippen molar-refractivity contribution in [3.05, 3.63) is 29.6 Å². The Bertz CT molecular complexity index is 355. The van der Waals surface area contributed by atoms with Crippen LogP contribution in [0.5, 0.6) is 5.75 Å². The summed E-state index contributed by atoms with van der Waals surface area (Å²) in [5.74, 6) is 0.339. The zero-order valence-corrected chi connectivity index (χ0v) is 10.2. The highest BCUT2D eigenvalue weighted by atomic mass is 19.1. The van der Waals surface area contributed by atoms with E-state index in [1.54, 1.807) is 13.0 Å². The van der Waals surface area contributed by atoms with E-state index >= 15 is 0 Å². The smallest absolute Gasteiger partial charge is 0.123 e. The Morgan fingerprint density at radius 2 is 2.00 bits per heavy atom. The number of hydrogen-bond donors (Lipinski definition) is 1. The molecular formula is C13H19FO2. The van der Waals surface area contributed by atoms with E-state index in [0.717, 1.165) is 5.56 Å². The fraction of sp³-hybridized carbons (Fsp3) is 0.538. The second-order valence-electron chi connectivity index (χ2n) is 5.10. The molecule has 1 rings (SSSR count). The quantitative estimate of drug-likeness (QED) is 0.858.